The van der Waals surface area contributed by atoms with Crippen molar-refractivity contribution in [3.63, 3.8) is 0 Å². The molecule has 0 saturated heterocycles. The van der Waals surface area contributed by atoms with E-state index in [0.29, 0.717) is 5.56 Å². The molecule has 0 radical (unpaired) electrons. The van der Waals surface area contributed by atoms with E-state index < -0.39 is 5.97 Å². The first-order chi connectivity index (χ1) is 9.15. The summed E-state index contributed by atoms with van der Waals surface area (Å²) in [5.74, 6) is 0.553. The molecule has 2 aromatic rings. The Labute approximate surface area is 114 Å². The molecule has 1 aliphatic rings. The largest absolute Gasteiger partial charge is 0.478 e. The van der Waals surface area contributed by atoms with Crippen molar-refractivity contribution in [1.29, 1.82) is 0 Å². The van der Waals surface area contributed by atoms with Gasteiger partial charge in [-0.1, -0.05) is 36.5 Å². The van der Waals surface area contributed by atoms with Crippen LogP contribution in [0.15, 0.2) is 58.8 Å². The third-order valence-electron chi connectivity index (χ3n) is 2.84. The van der Waals surface area contributed by atoms with Gasteiger partial charge in [-0.25, -0.2) is 4.79 Å². The summed E-state index contributed by atoms with van der Waals surface area (Å²) in [5.41, 5.74) is 0.684. The van der Waals surface area contributed by atoms with Gasteiger partial charge in [0.1, 0.15) is 11.5 Å². The predicted octanol–water partition coefficient (Wildman–Crippen LogP) is 4.04. The maximum Gasteiger partial charge on any atom is 0.335 e. The molecule has 4 heteroatoms. The van der Waals surface area contributed by atoms with Crippen molar-refractivity contribution in [3.05, 3.63) is 54.6 Å². The van der Waals surface area contributed by atoms with Crippen LogP contribution >= 0.6 is 11.8 Å². The number of carbonyl (C=O) groups is 1. The molecule has 94 valence electrons. The minimum absolute atomic E-state index is 0.0854. The van der Waals surface area contributed by atoms with E-state index >= 15 is 0 Å². The van der Waals surface area contributed by atoms with Crippen LogP contribution in [0.2, 0.25) is 0 Å². The summed E-state index contributed by atoms with van der Waals surface area (Å²) in [7, 11) is 0. The lowest BCUT2D eigenvalue weighted by atomic mass is 10.1. The van der Waals surface area contributed by atoms with Gasteiger partial charge in [0, 0.05) is 0 Å². The lowest BCUT2D eigenvalue weighted by Gasteiger charge is -2.19. The van der Waals surface area contributed by atoms with Crippen LogP contribution in [0.4, 0.5) is 0 Å². The Morgan fingerprint density at radius 3 is 2.63 bits per heavy atom. The summed E-state index contributed by atoms with van der Waals surface area (Å²) in [6, 6.07) is 13.0. The molecule has 0 bridgehead atoms. The quantitative estimate of drug-likeness (QED) is 0.714. The summed E-state index contributed by atoms with van der Waals surface area (Å²) >= 11 is 1.57. The second-order valence-corrected chi connectivity index (χ2v) is 5.18. The molecule has 0 unspecified atom stereocenters. The molecule has 2 aromatic carbocycles. The summed E-state index contributed by atoms with van der Waals surface area (Å²) < 4.78 is 5.77. The zero-order valence-corrected chi connectivity index (χ0v) is 10.7. The Kier molecular flexibility index (Phi) is 2.80. The van der Waals surface area contributed by atoms with Crippen LogP contribution < -0.4 is 4.74 Å². The van der Waals surface area contributed by atoms with Crippen molar-refractivity contribution in [2.75, 3.05) is 0 Å². The normalized spacial score (nSPS) is 12.0. The van der Waals surface area contributed by atoms with Gasteiger partial charge in [0.05, 0.1) is 15.4 Å². The molecule has 0 aliphatic carbocycles. The highest BCUT2D eigenvalue weighted by molar-refractivity contribution is 7.99. The lowest BCUT2D eigenvalue weighted by molar-refractivity contribution is -0.130. The van der Waals surface area contributed by atoms with Crippen molar-refractivity contribution < 1.29 is 14.6 Å². The molecule has 1 heterocycles. The third-order valence-corrected chi connectivity index (χ3v) is 3.94. The third kappa shape index (κ3) is 2.11. The molecule has 0 atom stereocenters. The van der Waals surface area contributed by atoms with E-state index in [4.69, 9.17) is 9.84 Å². The molecule has 0 saturated carbocycles. The number of fused-ring (bicyclic) bond motifs is 2. The van der Waals surface area contributed by atoms with Gasteiger partial charge in [0.2, 0.25) is 0 Å². The Hall–Kier alpha value is -2.20. The molecular formula is C15H10O3S. The topological polar surface area (TPSA) is 46.5 Å². The van der Waals surface area contributed by atoms with Gasteiger partial charge in [-0.2, -0.15) is 0 Å². The van der Waals surface area contributed by atoms with Crippen LogP contribution in [0, 0.1) is 0 Å². The zero-order valence-electron chi connectivity index (χ0n) is 9.92. The lowest BCUT2D eigenvalue weighted by Crippen LogP contribution is -2.00. The first-order valence-electron chi connectivity index (χ1n) is 5.66. The smallest absolute Gasteiger partial charge is 0.335 e. The first-order valence-corrected chi connectivity index (χ1v) is 6.48. The van der Waals surface area contributed by atoms with E-state index in [0.717, 1.165) is 21.3 Å². The van der Waals surface area contributed by atoms with Crippen molar-refractivity contribution in [1.82, 2.24) is 0 Å². The fourth-order valence-corrected chi connectivity index (χ4v) is 2.83. The Morgan fingerprint density at radius 2 is 1.84 bits per heavy atom. The van der Waals surface area contributed by atoms with E-state index in [-0.39, 0.29) is 5.57 Å². The second kappa shape index (κ2) is 4.48. The number of rotatable bonds is 2. The monoisotopic (exact) mass is 270 g/mol. The molecule has 1 aliphatic heterocycles. The van der Waals surface area contributed by atoms with Crippen molar-refractivity contribution >= 4 is 23.3 Å². The number of carboxylic acid groups (broad SMARTS) is 1. The number of aliphatic carboxylic acids is 1. The molecule has 3 rings (SSSR count). The average Bonchev–Trinajstić information content (AvgIpc) is 2.43. The highest BCUT2D eigenvalue weighted by atomic mass is 32.2. The minimum atomic E-state index is -1.01. The molecule has 0 aromatic heterocycles. The molecule has 0 fully saturated rings. The number of hydrogen-bond acceptors (Lipinski definition) is 3. The summed E-state index contributed by atoms with van der Waals surface area (Å²) in [6.07, 6.45) is 0. The number of carboxylic acids is 1. The van der Waals surface area contributed by atoms with Gasteiger partial charge in [-0.15, -0.1) is 0 Å². The standard InChI is InChI=1S/C15H10O3S/c1-9(15(16)17)10-6-7-12-14(8-10)19-13-5-3-2-4-11(13)18-12/h2-8H,1H2,(H,16,17). The number of benzene rings is 2. The molecule has 1 N–H and O–H groups in total. The van der Waals surface area contributed by atoms with Crippen LogP contribution in [-0.2, 0) is 4.79 Å². The van der Waals surface area contributed by atoms with Crippen LogP contribution in [0.1, 0.15) is 5.56 Å². The van der Waals surface area contributed by atoms with E-state index in [1.54, 1.807) is 30.0 Å². The van der Waals surface area contributed by atoms with E-state index in [9.17, 15) is 4.79 Å². The molecule has 0 spiro atoms. The maximum atomic E-state index is 10.9. The van der Waals surface area contributed by atoms with E-state index in [1.807, 2.05) is 24.3 Å². The molecule has 3 nitrogen and oxygen atoms in total. The zero-order chi connectivity index (χ0) is 13.4. The van der Waals surface area contributed by atoms with Crippen LogP contribution in [0.5, 0.6) is 11.5 Å². The van der Waals surface area contributed by atoms with Gasteiger partial charge in [-0.3, -0.25) is 0 Å². The number of para-hydroxylation sites is 1. The highest BCUT2D eigenvalue weighted by Gasteiger charge is 2.18. The molecular weight excluding hydrogens is 260 g/mol. The second-order valence-electron chi connectivity index (χ2n) is 4.10. The summed E-state index contributed by atoms with van der Waals surface area (Å²) in [6.45, 7) is 3.57. The number of hydrogen-bond donors (Lipinski definition) is 1. The highest BCUT2D eigenvalue weighted by Crippen LogP contribution is 2.47. The maximum absolute atomic E-state index is 10.9. The Balaban J connectivity index is 2.01. The van der Waals surface area contributed by atoms with Crippen LogP contribution in [0.25, 0.3) is 5.57 Å². The number of ether oxygens (including phenoxy) is 1. The van der Waals surface area contributed by atoms with Gasteiger partial charge in [0.15, 0.2) is 0 Å². The van der Waals surface area contributed by atoms with Gasteiger partial charge >= 0.3 is 5.97 Å². The van der Waals surface area contributed by atoms with Crippen LogP contribution in [0.3, 0.4) is 0 Å². The Morgan fingerprint density at radius 1 is 1.11 bits per heavy atom. The summed E-state index contributed by atoms with van der Waals surface area (Å²) in [4.78, 5) is 12.9. The average molecular weight is 270 g/mol. The van der Waals surface area contributed by atoms with Gasteiger partial charge < -0.3 is 9.84 Å². The van der Waals surface area contributed by atoms with Crippen LogP contribution in [-0.4, -0.2) is 11.1 Å². The van der Waals surface area contributed by atoms with Crippen molar-refractivity contribution in [2.24, 2.45) is 0 Å². The Bertz CT molecular complexity index is 692. The fourth-order valence-electron chi connectivity index (χ4n) is 1.84. The molecule has 0 amide bonds. The van der Waals surface area contributed by atoms with E-state index in [1.165, 1.54) is 0 Å². The van der Waals surface area contributed by atoms with Gasteiger partial charge in [-0.05, 0) is 29.8 Å². The predicted molar refractivity (Wildman–Crippen MR) is 73.8 cm³/mol. The minimum Gasteiger partial charge on any atom is -0.478 e. The SMILES string of the molecule is C=C(C(=O)O)c1ccc2c(c1)Sc1ccccc1O2. The van der Waals surface area contributed by atoms with Crippen molar-refractivity contribution in [2.45, 2.75) is 9.79 Å². The van der Waals surface area contributed by atoms with Gasteiger partial charge in [0.25, 0.3) is 0 Å². The molecule has 19 heavy (non-hydrogen) atoms. The first kappa shape index (κ1) is 11.9. The summed E-state index contributed by atoms with van der Waals surface area (Å²) in [5, 5.41) is 8.96. The fraction of sp³-hybridized carbons (Fsp3) is 0. The van der Waals surface area contributed by atoms with E-state index in [2.05, 4.69) is 6.58 Å². The van der Waals surface area contributed by atoms with Crippen molar-refractivity contribution in [3.8, 4) is 11.5 Å².